The van der Waals surface area contributed by atoms with Crippen LogP contribution in [0, 0.1) is 13.8 Å². The van der Waals surface area contributed by atoms with E-state index in [1.807, 2.05) is 31.2 Å². The SMILES string of the molecule is Cc1ccccc1CNC(=O)COC(=O)c1nn(-c2cccc(Cl)c2)nc1C. The predicted molar refractivity (Wildman–Crippen MR) is 104 cm³/mol. The first-order valence-electron chi connectivity index (χ1n) is 8.62. The lowest BCUT2D eigenvalue weighted by atomic mass is 10.1. The number of nitrogens with one attached hydrogen (secondary N) is 1. The van der Waals surface area contributed by atoms with Crippen molar-refractivity contribution in [1.29, 1.82) is 0 Å². The molecule has 0 saturated carbocycles. The maximum atomic E-state index is 12.3. The fraction of sp³-hybridized carbons (Fsp3) is 0.200. The number of aromatic nitrogens is 3. The maximum absolute atomic E-state index is 12.3. The van der Waals surface area contributed by atoms with Gasteiger partial charge in [-0.15, -0.1) is 5.10 Å². The zero-order valence-electron chi connectivity index (χ0n) is 15.5. The molecule has 1 N–H and O–H groups in total. The van der Waals surface area contributed by atoms with E-state index in [4.69, 9.17) is 16.3 Å². The highest BCUT2D eigenvalue weighted by Crippen LogP contribution is 2.15. The van der Waals surface area contributed by atoms with Crippen molar-refractivity contribution < 1.29 is 14.3 Å². The van der Waals surface area contributed by atoms with Gasteiger partial charge in [-0.05, 0) is 43.2 Å². The van der Waals surface area contributed by atoms with Crippen LogP contribution < -0.4 is 5.32 Å². The normalized spacial score (nSPS) is 10.5. The van der Waals surface area contributed by atoms with Gasteiger partial charge >= 0.3 is 5.97 Å². The summed E-state index contributed by atoms with van der Waals surface area (Å²) in [6.07, 6.45) is 0. The van der Waals surface area contributed by atoms with Crippen molar-refractivity contribution >= 4 is 23.5 Å². The minimum atomic E-state index is -0.711. The van der Waals surface area contributed by atoms with Gasteiger partial charge in [0.25, 0.3) is 5.91 Å². The maximum Gasteiger partial charge on any atom is 0.361 e. The second kappa shape index (κ2) is 8.67. The third-order valence-corrected chi connectivity index (χ3v) is 4.32. The molecule has 144 valence electrons. The van der Waals surface area contributed by atoms with Gasteiger partial charge in [-0.3, -0.25) is 4.79 Å². The second-order valence-corrected chi connectivity index (χ2v) is 6.62. The molecule has 0 saturated heterocycles. The van der Waals surface area contributed by atoms with Gasteiger partial charge in [0.2, 0.25) is 0 Å². The summed E-state index contributed by atoms with van der Waals surface area (Å²) < 4.78 is 5.07. The van der Waals surface area contributed by atoms with E-state index in [0.717, 1.165) is 11.1 Å². The second-order valence-electron chi connectivity index (χ2n) is 6.18. The molecule has 0 aliphatic heterocycles. The number of aryl methyl sites for hydroxylation is 2. The molecule has 1 heterocycles. The summed E-state index contributed by atoms with van der Waals surface area (Å²) >= 11 is 5.97. The first kappa shape index (κ1) is 19.6. The van der Waals surface area contributed by atoms with Crippen LogP contribution in [0.5, 0.6) is 0 Å². The number of halogens is 1. The van der Waals surface area contributed by atoms with E-state index < -0.39 is 18.5 Å². The van der Waals surface area contributed by atoms with E-state index in [-0.39, 0.29) is 5.69 Å². The molecule has 0 fully saturated rings. The molecule has 0 unspecified atom stereocenters. The Morgan fingerprint density at radius 1 is 1.11 bits per heavy atom. The van der Waals surface area contributed by atoms with E-state index in [0.29, 0.717) is 22.9 Å². The Bertz CT molecular complexity index is 1020. The van der Waals surface area contributed by atoms with Gasteiger partial charge in [-0.1, -0.05) is 41.9 Å². The van der Waals surface area contributed by atoms with E-state index in [1.54, 1.807) is 31.2 Å². The van der Waals surface area contributed by atoms with Crippen LogP contribution in [0.25, 0.3) is 5.69 Å². The van der Waals surface area contributed by atoms with Crippen molar-refractivity contribution in [2.75, 3.05) is 6.61 Å². The molecule has 0 radical (unpaired) electrons. The Morgan fingerprint density at radius 3 is 2.64 bits per heavy atom. The topological polar surface area (TPSA) is 86.1 Å². The van der Waals surface area contributed by atoms with Gasteiger partial charge in [-0.2, -0.15) is 9.90 Å². The van der Waals surface area contributed by atoms with Crippen molar-refractivity contribution in [1.82, 2.24) is 20.3 Å². The summed E-state index contributed by atoms with van der Waals surface area (Å²) in [5, 5.41) is 11.6. The molecule has 0 bridgehead atoms. The zero-order valence-corrected chi connectivity index (χ0v) is 16.2. The van der Waals surface area contributed by atoms with Gasteiger partial charge in [0, 0.05) is 11.6 Å². The van der Waals surface area contributed by atoms with Crippen LogP contribution in [0.2, 0.25) is 5.02 Å². The number of carbonyl (C=O) groups is 2. The molecule has 3 aromatic rings. The summed E-state index contributed by atoms with van der Waals surface area (Å²) in [4.78, 5) is 25.5. The first-order chi connectivity index (χ1) is 13.4. The number of rotatable bonds is 6. The number of benzene rings is 2. The van der Waals surface area contributed by atoms with Gasteiger partial charge in [-0.25, -0.2) is 4.79 Å². The molecule has 28 heavy (non-hydrogen) atoms. The molecule has 1 aromatic heterocycles. The highest BCUT2D eigenvalue weighted by molar-refractivity contribution is 6.30. The third-order valence-electron chi connectivity index (χ3n) is 4.09. The average Bonchev–Trinajstić information content (AvgIpc) is 3.07. The van der Waals surface area contributed by atoms with Gasteiger partial charge in [0.1, 0.15) is 0 Å². The van der Waals surface area contributed by atoms with E-state index >= 15 is 0 Å². The average molecular weight is 399 g/mol. The van der Waals surface area contributed by atoms with Gasteiger partial charge in [0.15, 0.2) is 12.3 Å². The number of ether oxygens (including phenoxy) is 1. The molecular weight excluding hydrogens is 380 g/mol. The first-order valence-corrected chi connectivity index (χ1v) is 9.00. The minimum Gasteiger partial charge on any atom is -0.451 e. The molecule has 1 amide bonds. The van der Waals surface area contributed by atoms with Crippen LogP contribution in [-0.2, 0) is 16.1 Å². The third kappa shape index (κ3) is 4.75. The minimum absolute atomic E-state index is 0.0479. The smallest absolute Gasteiger partial charge is 0.361 e. The fourth-order valence-electron chi connectivity index (χ4n) is 2.54. The highest BCUT2D eigenvalue weighted by atomic mass is 35.5. The fourth-order valence-corrected chi connectivity index (χ4v) is 2.72. The van der Waals surface area contributed by atoms with Gasteiger partial charge in [0.05, 0.1) is 11.4 Å². The molecular formula is C20H19ClN4O3. The monoisotopic (exact) mass is 398 g/mol. The van der Waals surface area contributed by atoms with Crippen molar-refractivity contribution in [3.8, 4) is 5.69 Å². The molecule has 7 nitrogen and oxygen atoms in total. The summed E-state index contributed by atoms with van der Waals surface area (Å²) in [6, 6.07) is 14.7. The Balaban J connectivity index is 1.57. The standard InChI is InChI=1S/C20H19ClN4O3/c1-13-6-3-4-7-15(13)11-22-18(26)12-28-20(27)19-14(2)23-25(24-19)17-9-5-8-16(21)10-17/h3-10H,11-12H2,1-2H3,(H,22,26). The molecule has 0 aliphatic carbocycles. The largest absolute Gasteiger partial charge is 0.451 e. The summed E-state index contributed by atoms with van der Waals surface area (Å²) in [5.74, 6) is -1.10. The van der Waals surface area contributed by atoms with Crippen LogP contribution in [0.4, 0.5) is 0 Å². The molecule has 0 atom stereocenters. The lowest BCUT2D eigenvalue weighted by molar-refractivity contribution is -0.124. The highest BCUT2D eigenvalue weighted by Gasteiger charge is 2.19. The van der Waals surface area contributed by atoms with E-state index in [9.17, 15) is 9.59 Å². The quantitative estimate of drug-likeness (QED) is 0.645. The molecule has 2 aromatic carbocycles. The Kier molecular flexibility index (Phi) is 6.06. The molecule has 8 heteroatoms. The Labute approximate surface area is 167 Å². The van der Waals surface area contributed by atoms with Crippen LogP contribution in [-0.4, -0.2) is 33.5 Å². The number of esters is 1. The number of carbonyl (C=O) groups excluding carboxylic acids is 2. The predicted octanol–water partition coefficient (Wildman–Crippen LogP) is 3.01. The number of nitrogens with zero attached hydrogens (tertiary/aromatic N) is 3. The van der Waals surface area contributed by atoms with Crippen molar-refractivity contribution in [2.45, 2.75) is 20.4 Å². The Morgan fingerprint density at radius 2 is 1.89 bits per heavy atom. The zero-order chi connectivity index (χ0) is 20.1. The number of amides is 1. The molecule has 0 spiro atoms. The van der Waals surface area contributed by atoms with Crippen LogP contribution in [0.15, 0.2) is 48.5 Å². The van der Waals surface area contributed by atoms with Gasteiger partial charge < -0.3 is 10.1 Å². The molecule has 0 aliphatic rings. The van der Waals surface area contributed by atoms with Crippen LogP contribution >= 0.6 is 11.6 Å². The van der Waals surface area contributed by atoms with Crippen molar-refractivity contribution in [3.05, 3.63) is 76.1 Å². The summed E-state index contributed by atoms with van der Waals surface area (Å²) in [6.45, 7) is 3.58. The van der Waals surface area contributed by atoms with Crippen molar-refractivity contribution in [3.63, 3.8) is 0 Å². The van der Waals surface area contributed by atoms with Crippen LogP contribution in [0.1, 0.15) is 27.3 Å². The Hall–Kier alpha value is -3.19. The molecule has 3 rings (SSSR count). The summed E-state index contributed by atoms with van der Waals surface area (Å²) in [7, 11) is 0. The lowest BCUT2D eigenvalue weighted by Gasteiger charge is -2.08. The van der Waals surface area contributed by atoms with Crippen molar-refractivity contribution in [2.24, 2.45) is 0 Å². The lowest BCUT2D eigenvalue weighted by Crippen LogP contribution is -2.28. The summed E-state index contributed by atoms with van der Waals surface area (Å²) in [5.41, 5.74) is 3.14. The number of hydrogen-bond acceptors (Lipinski definition) is 5. The van der Waals surface area contributed by atoms with E-state index in [2.05, 4.69) is 15.5 Å². The van der Waals surface area contributed by atoms with Crippen LogP contribution in [0.3, 0.4) is 0 Å². The van der Waals surface area contributed by atoms with E-state index in [1.165, 1.54) is 4.80 Å². The number of hydrogen-bond donors (Lipinski definition) is 1.